The first-order valence-electron chi connectivity index (χ1n) is 6.95. The van der Waals surface area contributed by atoms with Crippen LogP contribution in [0.25, 0.3) is 0 Å². The molecule has 1 aliphatic rings. The molecular formula is C15H22N2O2. The number of carbonyl (C=O) groups excluding carboxylic acids is 1. The Morgan fingerprint density at radius 3 is 2.84 bits per heavy atom. The minimum absolute atomic E-state index is 0.00370. The molecular weight excluding hydrogens is 240 g/mol. The van der Waals surface area contributed by atoms with Crippen molar-refractivity contribution < 1.29 is 9.53 Å². The second-order valence-corrected chi connectivity index (χ2v) is 4.91. The summed E-state index contributed by atoms with van der Waals surface area (Å²) in [6.45, 7) is 3.29. The molecule has 1 aliphatic carbocycles. The molecule has 1 aromatic carbocycles. The lowest BCUT2D eigenvalue weighted by atomic mass is 9.88. The van der Waals surface area contributed by atoms with Crippen LogP contribution in [-0.2, 0) is 11.2 Å². The fourth-order valence-corrected chi connectivity index (χ4v) is 2.43. The predicted octanol–water partition coefficient (Wildman–Crippen LogP) is 1.49. The van der Waals surface area contributed by atoms with Gasteiger partial charge in [0.15, 0.2) is 0 Å². The maximum absolute atomic E-state index is 12.2. The molecule has 1 saturated carbocycles. The van der Waals surface area contributed by atoms with E-state index in [-0.39, 0.29) is 11.9 Å². The summed E-state index contributed by atoms with van der Waals surface area (Å²) in [6, 6.07) is 7.90. The Labute approximate surface area is 114 Å². The molecule has 1 fully saturated rings. The van der Waals surface area contributed by atoms with Gasteiger partial charge in [0, 0.05) is 18.2 Å². The monoisotopic (exact) mass is 262 g/mol. The van der Waals surface area contributed by atoms with Crippen molar-refractivity contribution in [1.82, 2.24) is 5.32 Å². The number of hydrogen-bond acceptors (Lipinski definition) is 3. The number of nitrogens with one attached hydrogen (secondary N) is 1. The third-order valence-corrected chi connectivity index (χ3v) is 3.51. The summed E-state index contributed by atoms with van der Waals surface area (Å²) in [4.78, 5) is 12.2. The molecule has 0 aromatic heterocycles. The third kappa shape index (κ3) is 3.55. The normalized spacial score (nSPS) is 21.8. The quantitative estimate of drug-likeness (QED) is 0.816. The number of nitrogens with two attached hydrogens (primary N) is 1. The molecule has 1 amide bonds. The first-order valence-corrected chi connectivity index (χ1v) is 6.95. The minimum atomic E-state index is 0.00370. The zero-order valence-corrected chi connectivity index (χ0v) is 11.4. The zero-order chi connectivity index (χ0) is 13.7. The van der Waals surface area contributed by atoms with Crippen LogP contribution in [0, 0.1) is 0 Å². The second kappa shape index (κ2) is 6.68. The minimum Gasteiger partial charge on any atom is -0.378 e. The molecule has 0 heterocycles. The van der Waals surface area contributed by atoms with Crippen molar-refractivity contribution in [2.75, 3.05) is 13.2 Å². The van der Waals surface area contributed by atoms with E-state index in [2.05, 4.69) is 5.32 Å². The lowest BCUT2D eigenvalue weighted by Gasteiger charge is -2.35. The van der Waals surface area contributed by atoms with Crippen molar-refractivity contribution >= 4 is 5.91 Å². The van der Waals surface area contributed by atoms with Crippen molar-refractivity contribution in [1.29, 1.82) is 0 Å². The maximum atomic E-state index is 12.2. The van der Waals surface area contributed by atoms with E-state index in [0.717, 1.165) is 37.0 Å². The Hall–Kier alpha value is -1.39. The molecule has 0 unspecified atom stereocenters. The zero-order valence-electron chi connectivity index (χ0n) is 11.4. The van der Waals surface area contributed by atoms with Gasteiger partial charge in [0.25, 0.3) is 5.91 Å². The molecule has 0 radical (unpaired) electrons. The molecule has 1 aromatic rings. The van der Waals surface area contributed by atoms with Crippen LogP contribution in [0.3, 0.4) is 0 Å². The molecule has 0 saturated heterocycles. The van der Waals surface area contributed by atoms with E-state index >= 15 is 0 Å². The summed E-state index contributed by atoms with van der Waals surface area (Å²) in [6.07, 6.45) is 2.88. The van der Waals surface area contributed by atoms with Crippen molar-refractivity contribution in [3.63, 3.8) is 0 Å². The van der Waals surface area contributed by atoms with Gasteiger partial charge in [0.1, 0.15) is 0 Å². The van der Waals surface area contributed by atoms with E-state index in [1.54, 1.807) is 0 Å². The Morgan fingerprint density at radius 1 is 1.42 bits per heavy atom. The summed E-state index contributed by atoms with van der Waals surface area (Å²) >= 11 is 0. The van der Waals surface area contributed by atoms with Gasteiger partial charge in [0.2, 0.25) is 0 Å². The van der Waals surface area contributed by atoms with Crippen LogP contribution in [0.2, 0.25) is 0 Å². The molecule has 4 nitrogen and oxygen atoms in total. The Bertz CT molecular complexity index is 428. The van der Waals surface area contributed by atoms with E-state index in [4.69, 9.17) is 10.5 Å². The third-order valence-electron chi connectivity index (χ3n) is 3.51. The van der Waals surface area contributed by atoms with Gasteiger partial charge in [-0.3, -0.25) is 4.79 Å². The van der Waals surface area contributed by atoms with Gasteiger partial charge in [-0.15, -0.1) is 0 Å². The number of ether oxygens (including phenoxy) is 1. The van der Waals surface area contributed by atoms with Crippen molar-refractivity contribution in [2.45, 2.75) is 38.3 Å². The lowest BCUT2D eigenvalue weighted by molar-refractivity contribution is -0.00863. The molecule has 104 valence electrons. The highest BCUT2D eigenvalue weighted by molar-refractivity contribution is 5.95. The van der Waals surface area contributed by atoms with Gasteiger partial charge in [-0.2, -0.15) is 0 Å². The first kappa shape index (κ1) is 14.0. The van der Waals surface area contributed by atoms with Gasteiger partial charge >= 0.3 is 0 Å². The van der Waals surface area contributed by atoms with E-state index in [9.17, 15) is 4.79 Å². The number of carbonyl (C=O) groups is 1. The van der Waals surface area contributed by atoms with Crippen LogP contribution >= 0.6 is 0 Å². The molecule has 19 heavy (non-hydrogen) atoms. The smallest absolute Gasteiger partial charge is 0.251 e. The SMILES string of the molecule is CCOC1CC(NC(=O)c2ccccc2CCN)C1. The van der Waals surface area contributed by atoms with Crippen molar-refractivity contribution in [3.05, 3.63) is 35.4 Å². The van der Waals surface area contributed by atoms with Gasteiger partial charge in [-0.05, 0) is 44.4 Å². The molecule has 4 heteroatoms. The fraction of sp³-hybridized carbons (Fsp3) is 0.533. The number of rotatable bonds is 6. The van der Waals surface area contributed by atoms with E-state index < -0.39 is 0 Å². The topological polar surface area (TPSA) is 64.3 Å². The van der Waals surface area contributed by atoms with Crippen LogP contribution < -0.4 is 11.1 Å². The molecule has 2 rings (SSSR count). The Morgan fingerprint density at radius 2 is 2.16 bits per heavy atom. The highest BCUT2D eigenvalue weighted by Crippen LogP contribution is 2.23. The van der Waals surface area contributed by atoms with Crippen molar-refractivity contribution in [2.24, 2.45) is 5.73 Å². The maximum Gasteiger partial charge on any atom is 0.251 e. The molecule has 3 N–H and O–H groups in total. The van der Waals surface area contributed by atoms with Gasteiger partial charge in [-0.1, -0.05) is 18.2 Å². The van der Waals surface area contributed by atoms with Crippen LogP contribution in [-0.4, -0.2) is 31.2 Å². The standard InChI is InChI=1S/C15H22N2O2/c1-2-19-13-9-12(10-13)17-15(18)14-6-4-3-5-11(14)7-8-16/h3-6,12-13H,2,7-10,16H2,1H3,(H,17,18). The summed E-state index contributed by atoms with van der Waals surface area (Å²) < 4.78 is 5.49. The Kier molecular flexibility index (Phi) is 4.93. The van der Waals surface area contributed by atoms with Crippen molar-refractivity contribution in [3.8, 4) is 0 Å². The average Bonchev–Trinajstić information content (AvgIpc) is 2.37. The highest BCUT2D eigenvalue weighted by atomic mass is 16.5. The summed E-state index contributed by atoms with van der Waals surface area (Å²) in [5.74, 6) is 0.00370. The lowest BCUT2D eigenvalue weighted by Crippen LogP contribution is -2.48. The largest absolute Gasteiger partial charge is 0.378 e. The molecule has 0 aliphatic heterocycles. The van der Waals surface area contributed by atoms with Gasteiger partial charge < -0.3 is 15.8 Å². The number of hydrogen-bond donors (Lipinski definition) is 2. The molecule has 0 atom stereocenters. The van der Waals surface area contributed by atoms with E-state index in [0.29, 0.717) is 12.6 Å². The van der Waals surface area contributed by atoms with Gasteiger partial charge in [0.05, 0.1) is 6.10 Å². The molecule has 0 spiro atoms. The van der Waals surface area contributed by atoms with Crippen LogP contribution in [0.5, 0.6) is 0 Å². The number of amides is 1. The number of benzene rings is 1. The van der Waals surface area contributed by atoms with Crippen LogP contribution in [0.1, 0.15) is 35.7 Å². The van der Waals surface area contributed by atoms with Crippen LogP contribution in [0.4, 0.5) is 0 Å². The van der Waals surface area contributed by atoms with Crippen LogP contribution in [0.15, 0.2) is 24.3 Å². The first-order chi connectivity index (χ1) is 9.24. The summed E-state index contributed by atoms with van der Waals surface area (Å²) in [5.41, 5.74) is 7.33. The second-order valence-electron chi connectivity index (χ2n) is 4.91. The highest BCUT2D eigenvalue weighted by Gasteiger charge is 2.31. The van der Waals surface area contributed by atoms with Gasteiger partial charge in [-0.25, -0.2) is 0 Å². The molecule has 0 bridgehead atoms. The summed E-state index contributed by atoms with van der Waals surface area (Å²) in [5, 5.41) is 3.06. The fourth-order valence-electron chi connectivity index (χ4n) is 2.43. The van der Waals surface area contributed by atoms with E-state index in [1.807, 2.05) is 31.2 Å². The predicted molar refractivity (Wildman–Crippen MR) is 75.1 cm³/mol. The van der Waals surface area contributed by atoms with E-state index in [1.165, 1.54) is 0 Å². The average molecular weight is 262 g/mol. The summed E-state index contributed by atoms with van der Waals surface area (Å²) in [7, 11) is 0. The Balaban J connectivity index is 1.90.